The second-order valence-electron chi connectivity index (χ2n) is 7.78. The van der Waals surface area contributed by atoms with Gasteiger partial charge in [-0.05, 0) is 25.7 Å². The largest absolute Gasteiger partial charge is 0.534 e. The van der Waals surface area contributed by atoms with Crippen molar-refractivity contribution < 1.29 is 24.0 Å². The molecule has 1 saturated heterocycles. The number of imide groups is 1. The third kappa shape index (κ3) is 10.7. The van der Waals surface area contributed by atoms with E-state index in [1.807, 2.05) is 0 Å². The summed E-state index contributed by atoms with van der Waals surface area (Å²) in [5, 5.41) is 0.550. The van der Waals surface area contributed by atoms with Gasteiger partial charge in [0.05, 0.1) is 0 Å². The Balaban J connectivity index is 2.36. The molecule has 0 aliphatic carbocycles. The molecule has 0 N–H and O–H groups in total. The number of carbonyl (C=O) groups excluding carboxylic acids is 3. The molecule has 1 aliphatic heterocycles. The topological polar surface area (TPSA) is 72.9 Å². The molecule has 0 unspecified atom stereocenters. The number of hydroxylamine groups is 2. The van der Waals surface area contributed by atoms with Crippen molar-refractivity contribution in [3.8, 4) is 0 Å². The number of rotatable bonds is 16. The van der Waals surface area contributed by atoms with Crippen molar-refractivity contribution in [2.75, 3.05) is 0 Å². The zero-order valence-electron chi connectivity index (χ0n) is 17.9. The number of hydrogen-bond donors (Lipinski definition) is 0. The molecule has 0 atom stereocenters. The van der Waals surface area contributed by atoms with Gasteiger partial charge in [-0.25, -0.2) is 4.79 Å². The van der Waals surface area contributed by atoms with Crippen LogP contribution >= 0.6 is 0 Å². The maximum Gasteiger partial charge on any atom is 0.534 e. The summed E-state index contributed by atoms with van der Waals surface area (Å²) in [6.07, 6.45) is 14.8. The minimum Gasteiger partial charge on any atom is -0.429 e. The van der Waals surface area contributed by atoms with Crippen LogP contribution in [0.5, 0.6) is 0 Å². The molecule has 6 nitrogen and oxygen atoms in total. The van der Waals surface area contributed by atoms with Gasteiger partial charge < -0.3 is 4.74 Å². The number of amides is 2. The minimum absolute atomic E-state index is 0.0884. The van der Waals surface area contributed by atoms with Crippen LogP contribution in [0.3, 0.4) is 0 Å². The average Bonchev–Trinajstić information content (AvgIpc) is 2.98. The molecule has 1 aliphatic rings. The summed E-state index contributed by atoms with van der Waals surface area (Å²) in [5.41, 5.74) is 0. The lowest BCUT2D eigenvalue weighted by Gasteiger charge is -2.19. The van der Waals surface area contributed by atoms with Crippen molar-refractivity contribution in [3.05, 3.63) is 0 Å². The van der Waals surface area contributed by atoms with Gasteiger partial charge in [0, 0.05) is 12.8 Å². The van der Waals surface area contributed by atoms with Crippen molar-refractivity contribution in [2.45, 2.75) is 123 Å². The van der Waals surface area contributed by atoms with Gasteiger partial charge in [-0.15, -0.1) is 0 Å². The number of hydrogen-bond acceptors (Lipinski definition) is 5. The second kappa shape index (κ2) is 15.3. The monoisotopic (exact) mass is 397 g/mol. The van der Waals surface area contributed by atoms with Crippen LogP contribution in [0.4, 0.5) is 4.79 Å². The van der Waals surface area contributed by atoms with Gasteiger partial charge >= 0.3 is 6.16 Å². The summed E-state index contributed by atoms with van der Waals surface area (Å²) >= 11 is 0. The van der Waals surface area contributed by atoms with Crippen molar-refractivity contribution in [2.24, 2.45) is 0 Å². The van der Waals surface area contributed by atoms with E-state index in [-0.39, 0.29) is 18.9 Å². The zero-order chi connectivity index (χ0) is 20.6. The fraction of sp³-hybridized carbons (Fsp3) is 0.864. The Labute approximate surface area is 170 Å². The van der Waals surface area contributed by atoms with Crippen LogP contribution in [0.25, 0.3) is 0 Å². The van der Waals surface area contributed by atoms with Gasteiger partial charge in [-0.1, -0.05) is 83.1 Å². The van der Waals surface area contributed by atoms with E-state index in [4.69, 9.17) is 9.57 Å². The maximum absolute atomic E-state index is 12.1. The van der Waals surface area contributed by atoms with E-state index in [2.05, 4.69) is 13.8 Å². The molecule has 0 radical (unpaired) electrons. The summed E-state index contributed by atoms with van der Waals surface area (Å²) in [5.74, 6) is -0.962. The summed E-state index contributed by atoms with van der Waals surface area (Å²) in [7, 11) is 0. The summed E-state index contributed by atoms with van der Waals surface area (Å²) in [6.45, 7) is 4.40. The molecule has 0 saturated carbocycles. The van der Waals surface area contributed by atoms with E-state index in [0.717, 1.165) is 38.5 Å². The first-order valence-corrected chi connectivity index (χ1v) is 11.3. The third-order valence-corrected chi connectivity index (χ3v) is 5.19. The van der Waals surface area contributed by atoms with Gasteiger partial charge in [0.15, 0.2) is 0 Å². The second-order valence-corrected chi connectivity index (χ2v) is 7.78. The maximum atomic E-state index is 12.1. The molecule has 2 amide bonds. The molecule has 0 bridgehead atoms. The smallest absolute Gasteiger partial charge is 0.429 e. The molecule has 1 fully saturated rings. The standard InChI is InChI=1S/C22H39NO5/c1-3-5-7-9-11-13-15-19(16-14-12-10-8-6-4-2)27-22(26)28-23-20(24)17-18-21(23)25/h19H,3-18H2,1-2H3. The van der Waals surface area contributed by atoms with Crippen LogP contribution in [0.15, 0.2) is 0 Å². The highest BCUT2D eigenvalue weighted by atomic mass is 16.8. The van der Waals surface area contributed by atoms with Crippen molar-refractivity contribution >= 4 is 18.0 Å². The molecular weight excluding hydrogens is 358 g/mol. The predicted octanol–water partition coefficient (Wildman–Crippen LogP) is 6.07. The minimum atomic E-state index is -0.939. The molecule has 0 spiro atoms. The number of ether oxygens (including phenoxy) is 1. The SMILES string of the molecule is CCCCCCCCC(CCCCCCCC)OC(=O)ON1C(=O)CCC1=O. The first-order chi connectivity index (χ1) is 13.6. The first-order valence-electron chi connectivity index (χ1n) is 11.3. The van der Waals surface area contributed by atoms with Crippen LogP contribution in [0, 0.1) is 0 Å². The molecular formula is C22H39NO5. The summed E-state index contributed by atoms with van der Waals surface area (Å²) in [4.78, 5) is 40.1. The van der Waals surface area contributed by atoms with Gasteiger partial charge in [0.1, 0.15) is 6.10 Å². The fourth-order valence-electron chi connectivity index (χ4n) is 3.46. The molecule has 1 heterocycles. The predicted molar refractivity (Wildman–Crippen MR) is 108 cm³/mol. The van der Waals surface area contributed by atoms with Crippen LogP contribution in [0.2, 0.25) is 0 Å². The summed E-state index contributed by atoms with van der Waals surface area (Å²) in [6, 6.07) is 0. The molecule has 0 aromatic rings. The highest BCUT2D eigenvalue weighted by molar-refractivity contribution is 6.01. The Morgan fingerprint density at radius 1 is 0.786 bits per heavy atom. The average molecular weight is 398 g/mol. The Morgan fingerprint density at radius 3 is 1.68 bits per heavy atom. The van der Waals surface area contributed by atoms with E-state index in [9.17, 15) is 14.4 Å². The van der Waals surface area contributed by atoms with E-state index >= 15 is 0 Å². The van der Waals surface area contributed by atoms with Gasteiger partial charge in [-0.3, -0.25) is 14.4 Å². The normalized spacial score (nSPS) is 14.2. The molecule has 6 heteroatoms. The Morgan fingerprint density at radius 2 is 1.21 bits per heavy atom. The van der Waals surface area contributed by atoms with Crippen LogP contribution < -0.4 is 0 Å². The van der Waals surface area contributed by atoms with E-state index in [1.54, 1.807) is 0 Å². The van der Waals surface area contributed by atoms with Gasteiger partial charge in [0.2, 0.25) is 0 Å². The number of unbranched alkanes of at least 4 members (excludes halogenated alkanes) is 10. The van der Waals surface area contributed by atoms with Crippen molar-refractivity contribution in [1.29, 1.82) is 0 Å². The van der Waals surface area contributed by atoms with Crippen molar-refractivity contribution in [3.63, 3.8) is 0 Å². The Hall–Kier alpha value is -1.59. The van der Waals surface area contributed by atoms with Crippen LogP contribution in [-0.4, -0.2) is 29.1 Å². The van der Waals surface area contributed by atoms with Crippen molar-refractivity contribution in [1.82, 2.24) is 5.06 Å². The van der Waals surface area contributed by atoms with E-state index < -0.39 is 18.0 Å². The molecule has 0 aromatic carbocycles. The highest BCUT2D eigenvalue weighted by Gasteiger charge is 2.34. The number of nitrogens with zero attached hydrogens (tertiary/aromatic N) is 1. The van der Waals surface area contributed by atoms with Gasteiger partial charge in [0.25, 0.3) is 11.8 Å². The highest BCUT2D eigenvalue weighted by Crippen LogP contribution is 2.19. The van der Waals surface area contributed by atoms with Gasteiger partial charge in [-0.2, -0.15) is 0 Å². The fourth-order valence-corrected chi connectivity index (χ4v) is 3.46. The van der Waals surface area contributed by atoms with Crippen LogP contribution in [0.1, 0.15) is 117 Å². The zero-order valence-corrected chi connectivity index (χ0v) is 17.9. The lowest BCUT2D eigenvalue weighted by atomic mass is 10.0. The molecule has 0 aromatic heterocycles. The lowest BCUT2D eigenvalue weighted by Crippen LogP contribution is -2.33. The molecule has 28 heavy (non-hydrogen) atoms. The first kappa shape index (κ1) is 24.4. The molecule has 162 valence electrons. The number of carbonyl (C=O) groups is 3. The lowest BCUT2D eigenvalue weighted by molar-refractivity contribution is -0.178. The summed E-state index contributed by atoms with van der Waals surface area (Å²) < 4.78 is 5.46. The Kier molecular flexibility index (Phi) is 13.4. The third-order valence-electron chi connectivity index (χ3n) is 5.19. The van der Waals surface area contributed by atoms with Crippen LogP contribution in [-0.2, 0) is 19.2 Å². The Bertz CT molecular complexity index is 434. The molecule has 1 rings (SSSR count). The van der Waals surface area contributed by atoms with E-state index in [1.165, 1.54) is 51.4 Å². The quantitative estimate of drug-likeness (QED) is 0.179. The van der Waals surface area contributed by atoms with E-state index in [0.29, 0.717) is 5.06 Å².